The molecule has 12 nitrogen and oxygen atoms in total. The number of amides is 2. The first-order valence-corrected chi connectivity index (χ1v) is 13.4. The van der Waals surface area contributed by atoms with Crippen LogP contribution in [0.25, 0.3) is 17.4 Å². The maximum atomic E-state index is 13.4. The van der Waals surface area contributed by atoms with E-state index in [0.717, 1.165) is 0 Å². The minimum Gasteiger partial charge on any atom is -0.462 e. The van der Waals surface area contributed by atoms with Crippen LogP contribution in [0.15, 0.2) is 94.9 Å². The molecule has 12 heteroatoms. The van der Waals surface area contributed by atoms with E-state index in [9.17, 15) is 29.3 Å². The molecule has 0 atom stereocenters. The lowest BCUT2D eigenvalue weighted by atomic mass is 10.1. The van der Waals surface area contributed by atoms with Gasteiger partial charge >= 0.3 is 11.9 Å². The van der Waals surface area contributed by atoms with E-state index < -0.39 is 28.7 Å². The van der Waals surface area contributed by atoms with E-state index in [1.807, 2.05) is 0 Å². The van der Waals surface area contributed by atoms with E-state index in [0.29, 0.717) is 16.9 Å². The number of benzene rings is 3. The summed E-state index contributed by atoms with van der Waals surface area (Å²) in [6, 6.07) is 20.7. The molecular formula is C32H27N3O9. The number of anilines is 2. The zero-order valence-electron chi connectivity index (χ0n) is 23.7. The predicted octanol–water partition coefficient (Wildman–Crippen LogP) is 5.87. The quantitative estimate of drug-likeness (QED) is 0.0537. The number of nitrogens with zero attached hydrogens (tertiary/aromatic N) is 1. The van der Waals surface area contributed by atoms with Gasteiger partial charge < -0.3 is 24.5 Å². The predicted molar refractivity (Wildman–Crippen MR) is 161 cm³/mol. The van der Waals surface area contributed by atoms with Gasteiger partial charge in [0.25, 0.3) is 17.5 Å². The second kappa shape index (κ2) is 14.2. The van der Waals surface area contributed by atoms with Crippen LogP contribution in [-0.4, -0.2) is 41.9 Å². The van der Waals surface area contributed by atoms with Gasteiger partial charge in [0.1, 0.15) is 17.1 Å². The van der Waals surface area contributed by atoms with Crippen molar-refractivity contribution < 1.29 is 38.0 Å². The number of carbonyl (C=O) groups is 4. The zero-order valence-corrected chi connectivity index (χ0v) is 23.7. The maximum absolute atomic E-state index is 13.4. The van der Waals surface area contributed by atoms with Crippen molar-refractivity contribution in [2.24, 2.45) is 0 Å². The van der Waals surface area contributed by atoms with Gasteiger partial charge in [-0.05, 0) is 80.6 Å². The van der Waals surface area contributed by atoms with Crippen LogP contribution < -0.4 is 10.6 Å². The van der Waals surface area contributed by atoms with E-state index in [4.69, 9.17) is 13.9 Å². The number of nitro benzene ring substituents is 1. The second-order valence-corrected chi connectivity index (χ2v) is 9.07. The van der Waals surface area contributed by atoms with Crippen LogP contribution in [0.1, 0.15) is 40.3 Å². The molecule has 0 unspecified atom stereocenters. The van der Waals surface area contributed by atoms with Gasteiger partial charge in [-0.2, -0.15) is 0 Å². The molecule has 0 bridgehead atoms. The molecule has 2 amide bonds. The number of esters is 2. The van der Waals surface area contributed by atoms with Crippen LogP contribution >= 0.6 is 0 Å². The molecular weight excluding hydrogens is 570 g/mol. The fourth-order valence-electron chi connectivity index (χ4n) is 3.94. The standard InChI is InChI=1S/C32H27N3O9/c1-3-42-31(38)20-8-12-23(13-9-20)33-29(36)27(30(37)34-24-14-10-21(11-15-24)32(39)43-4-2)19-26-16-17-28(44-26)22-6-5-7-25(18-22)35(40)41/h5-19H,3-4H2,1-2H3,(H,33,36)(H,34,37). The highest BCUT2D eigenvalue weighted by molar-refractivity contribution is 6.28. The number of furan rings is 1. The highest BCUT2D eigenvalue weighted by Crippen LogP contribution is 2.27. The Balaban J connectivity index is 1.61. The van der Waals surface area contributed by atoms with Crippen molar-refractivity contribution in [3.63, 3.8) is 0 Å². The third-order valence-corrected chi connectivity index (χ3v) is 6.05. The van der Waals surface area contributed by atoms with E-state index >= 15 is 0 Å². The monoisotopic (exact) mass is 597 g/mol. The minimum absolute atomic E-state index is 0.126. The fourth-order valence-corrected chi connectivity index (χ4v) is 3.94. The maximum Gasteiger partial charge on any atom is 0.338 e. The van der Waals surface area contributed by atoms with Crippen molar-refractivity contribution in [1.29, 1.82) is 0 Å². The van der Waals surface area contributed by atoms with E-state index in [2.05, 4.69) is 10.6 Å². The molecule has 0 aliphatic carbocycles. The van der Waals surface area contributed by atoms with Crippen molar-refractivity contribution in [3.8, 4) is 11.3 Å². The lowest BCUT2D eigenvalue weighted by Crippen LogP contribution is -2.25. The highest BCUT2D eigenvalue weighted by atomic mass is 16.6. The summed E-state index contributed by atoms with van der Waals surface area (Å²) in [7, 11) is 0. The van der Waals surface area contributed by atoms with Gasteiger partial charge in [0.2, 0.25) is 0 Å². The molecule has 4 aromatic rings. The first-order chi connectivity index (χ1) is 21.2. The molecule has 3 aromatic carbocycles. The van der Waals surface area contributed by atoms with Crippen LogP contribution in [0, 0.1) is 10.1 Å². The van der Waals surface area contributed by atoms with E-state index in [1.165, 1.54) is 78.9 Å². The molecule has 2 N–H and O–H groups in total. The summed E-state index contributed by atoms with van der Waals surface area (Å²) in [6.45, 7) is 3.79. The summed E-state index contributed by atoms with van der Waals surface area (Å²) in [5.41, 5.74) is 1.14. The van der Waals surface area contributed by atoms with Gasteiger partial charge in [-0.15, -0.1) is 0 Å². The van der Waals surface area contributed by atoms with Gasteiger partial charge in [0.05, 0.1) is 29.3 Å². The number of nitro groups is 1. The smallest absolute Gasteiger partial charge is 0.338 e. The Morgan fingerprint density at radius 3 is 1.77 bits per heavy atom. The normalized spacial score (nSPS) is 10.3. The average molecular weight is 598 g/mol. The van der Waals surface area contributed by atoms with Gasteiger partial charge in [0, 0.05) is 29.1 Å². The first-order valence-electron chi connectivity index (χ1n) is 13.4. The number of carbonyl (C=O) groups excluding carboxylic acids is 4. The summed E-state index contributed by atoms with van der Waals surface area (Å²) < 4.78 is 15.7. The number of non-ortho nitro benzene ring substituents is 1. The topological polar surface area (TPSA) is 167 Å². The van der Waals surface area contributed by atoms with Crippen molar-refractivity contribution in [3.05, 3.63) is 118 Å². The summed E-state index contributed by atoms with van der Waals surface area (Å²) in [6.07, 6.45) is 1.23. The van der Waals surface area contributed by atoms with Crippen LogP contribution in [-0.2, 0) is 19.1 Å². The second-order valence-electron chi connectivity index (χ2n) is 9.07. The number of rotatable bonds is 11. The summed E-state index contributed by atoms with van der Waals surface area (Å²) in [4.78, 5) is 61.3. The van der Waals surface area contributed by atoms with Crippen molar-refractivity contribution in [2.45, 2.75) is 13.8 Å². The fraction of sp³-hybridized carbons (Fsp3) is 0.125. The summed E-state index contributed by atoms with van der Waals surface area (Å²) >= 11 is 0. The Labute approximate surface area is 251 Å². The molecule has 224 valence electrons. The summed E-state index contributed by atoms with van der Waals surface area (Å²) in [5.74, 6) is -2.20. The van der Waals surface area contributed by atoms with Crippen LogP contribution in [0.3, 0.4) is 0 Å². The first kappa shape index (κ1) is 30.9. The molecule has 0 fully saturated rings. The third-order valence-electron chi connectivity index (χ3n) is 6.05. The molecule has 44 heavy (non-hydrogen) atoms. The Kier molecular flexibility index (Phi) is 9.99. The molecule has 0 saturated carbocycles. The Morgan fingerprint density at radius 1 is 0.773 bits per heavy atom. The van der Waals surface area contributed by atoms with Crippen molar-refractivity contribution in [1.82, 2.24) is 0 Å². The summed E-state index contributed by atoms with van der Waals surface area (Å²) in [5, 5.41) is 16.4. The third kappa shape index (κ3) is 7.82. The molecule has 0 aliphatic rings. The molecule has 0 spiro atoms. The van der Waals surface area contributed by atoms with Gasteiger partial charge in [-0.3, -0.25) is 19.7 Å². The number of hydrogen-bond acceptors (Lipinski definition) is 9. The number of ether oxygens (including phenoxy) is 2. The molecule has 0 saturated heterocycles. The Morgan fingerprint density at radius 2 is 1.30 bits per heavy atom. The van der Waals surface area contributed by atoms with Gasteiger partial charge in [-0.25, -0.2) is 9.59 Å². The molecule has 4 rings (SSSR count). The molecule has 1 heterocycles. The lowest BCUT2D eigenvalue weighted by Gasteiger charge is -2.11. The Hall–Kier alpha value is -6.04. The largest absolute Gasteiger partial charge is 0.462 e. The minimum atomic E-state index is -0.789. The van der Waals surface area contributed by atoms with Crippen LogP contribution in [0.4, 0.5) is 17.1 Å². The zero-order chi connectivity index (χ0) is 31.6. The van der Waals surface area contributed by atoms with Gasteiger partial charge in [-0.1, -0.05) is 12.1 Å². The van der Waals surface area contributed by atoms with Gasteiger partial charge in [0.15, 0.2) is 0 Å². The highest BCUT2D eigenvalue weighted by Gasteiger charge is 2.21. The molecule has 1 aromatic heterocycles. The lowest BCUT2D eigenvalue weighted by molar-refractivity contribution is -0.384. The molecule has 0 aliphatic heterocycles. The van der Waals surface area contributed by atoms with Crippen molar-refractivity contribution >= 4 is 46.9 Å². The van der Waals surface area contributed by atoms with Crippen LogP contribution in [0.5, 0.6) is 0 Å². The van der Waals surface area contributed by atoms with Crippen LogP contribution in [0.2, 0.25) is 0 Å². The molecule has 0 radical (unpaired) electrons. The average Bonchev–Trinajstić information content (AvgIpc) is 3.49. The van der Waals surface area contributed by atoms with E-state index in [-0.39, 0.29) is 47.1 Å². The SMILES string of the molecule is CCOC(=O)c1ccc(NC(=O)C(=Cc2ccc(-c3cccc([N+](=O)[O-])c3)o2)C(=O)Nc2ccc(C(=O)OCC)cc2)cc1. The number of nitrogens with one attached hydrogen (secondary N) is 2. The Bertz CT molecular complexity index is 1640. The van der Waals surface area contributed by atoms with Crippen molar-refractivity contribution in [2.75, 3.05) is 23.8 Å². The van der Waals surface area contributed by atoms with E-state index in [1.54, 1.807) is 26.0 Å². The number of hydrogen-bond donors (Lipinski definition) is 2.